The number of rotatable bonds is 2. The molecule has 0 atom stereocenters. The Hall–Kier alpha value is -0.720. The zero-order valence-corrected chi connectivity index (χ0v) is 9.14. The van der Waals surface area contributed by atoms with E-state index in [-0.39, 0.29) is 0 Å². The molecule has 0 aliphatic carbocycles. The van der Waals surface area contributed by atoms with E-state index in [4.69, 9.17) is 0 Å². The summed E-state index contributed by atoms with van der Waals surface area (Å²) in [4.78, 5) is 2.40. The molecule has 1 heterocycles. The molecule has 0 amide bonds. The van der Waals surface area contributed by atoms with E-state index in [2.05, 4.69) is 38.3 Å². The molecule has 0 aromatic rings. The molecule has 0 spiro atoms. The summed E-state index contributed by atoms with van der Waals surface area (Å²) in [5.41, 5.74) is 2.73. The number of hydrogen-bond donors (Lipinski definition) is 0. The standard InChI is InChI=1S/C12H21N/c1-5-12(10(2)3)13-9-7-6-8-11(13)4/h5,10H,4,6-9H2,1-3H3/b12-5-. The fraction of sp³-hybridized carbons (Fsp3) is 0.667. The molecule has 0 bridgehead atoms. The first-order chi connectivity index (χ1) is 6.16. The second-order valence-corrected chi connectivity index (χ2v) is 4.04. The van der Waals surface area contributed by atoms with Crippen molar-refractivity contribution in [1.29, 1.82) is 0 Å². The summed E-state index contributed by atoms with van der Waals surface area (Å²) in [6.07, 6.45) is 6.01. The van der Waals surface area contributed by atoms with Crippen LogP contribution in [0.4, 0.5) is 0 Å². The molecule has 1 fully saturated rings. The summed E-state index contributed by atoms with van der Waals surface area (Å²) >= 11 is 0. The fourth-order valence-corrected chi connectivity index (χ4v) is 2.00. The first kappa shape index (κ1) is 10.4. The maximum atomic E-state index is 4.13. The molecule has 1 saturated heterocycles. The predicted molar refractivity (Wildman–Crippen MR) is 58.3 cm³/mol. The maximum absolute atomic E-state index is 4.13. The monoisotopic (exact) mass is 179 g/mol. The van der Waals surface area contributed by atoms with Crippen molar-refractivity contribution in [3.8, 4) is 0 Å². The minimum absolute atomic E-state index is 0.611. The zero-order valence-electron chi connectivity index (χ0n) is 9.14. The van der Waals surface area contributed by atoms with Gasteiger partial charge in [0.2, 0.25) is 0 Å². The van der Waals surface area contributed by atoms with Gasteiger partial charge in [0.25, 0.3) is 0 Å². The van der Waals surface area contributed by atoms with Gasteiger partial charge in [-0.05, 0) is 32.1 Å². The zero-order chi connectivity index (χ0) is 9.84. The number of nitrogens with zero attached hydrogens (tertiary/aromatic N) is 1. The van der Waals surface area contributed by atoms with Crippen molar-refractivity contribution in [2.75, 3.05) is 6.54 Å². The van der Waals surface area contributed by atoms with Crippen LogP contribution in [0.5, 0.6) is 0 Å². The van der Waals surface area contributed by atoms with Crippen LogP contribution in [0.15, 0.2) is 24.0 Å². The van der Waals surface area contributed by atoms with E-state index in [1.165, 1.54) is 30.7 Å². The summed E-state index contributed by atoms with van der Waals surface area (Å²) < 4.78 is 0. The van der Waals surface area contributed by atoms with Crippen LogP contribution in [0.3, 0.4) is 0 Å². The lowest BCUT2D eigenvalue weighted by molar-refractivity contribution is 0.325. The summed E-state index contributed by atoms with van der Waals surface area (Å²) in [6, 6.07) is 0. The van der Waals surface area contributed by atoms with Crippen LogP contribution in [0.25, 0.3) is 0 Å². The van der Waals surface area contributed by atoms with Gasteiger partial charge < -0.3 is 4.90 Å². The van der Waals surface area contributed by atoms with Gasteiger partial charge in [0.05, 0.1) is 0 Å². The number of hydrogen-bond acceptors (Lipinski definition) is 1. The van der Waals surface area contributed by atoms with Crippen molar-refractivity contribution in [3.05, 3.63) is 24.0 Å². The van der Waals surface area contributed by atoms with E-state index in [0.29, 0.717) is 5.92 Å². The summed E-state index contributed by atoms with van der Waals surface area (Å²) in [6.45, 7) is 11.9. The average Bonchev–Trinajstić information content (AvgIpc) is 2.09. The molecule has 1 aliphatic heterocycles. The lowest BCUT2D eigenvalue weighted by Crippen LogP contribution is -2.28. The third kappa shape index (κ3) is 2.36. The molecule has 74 valence electrons. The van der Waals surface area contributed by atoms with Crippen molar-refractivity contribution >= 4 is 0 Å². The van der Waals surface area contributed by atoms with Gasteiger partial charge in [0, 0.05) is 17.9 Å². The molecule has 0 N–H and O–H groups in total. The van der Waals surface area contributed by atoms with Crippen molar-refractivity contribution in [2.24, 2.45) is 5.92 Å². The predicted octanol–water partition coefficient (Wildman–Crippen LogP) is 3.55. The smallest absolute Gasteiger partial charge is 0.0224 e. The minimum Gasteiger partial charge on any atom is -0.349 e. The topological polar surface area (TPSA) is 3.24 Å². The molecule has 0 saturated carbocycles. The Bertz CT molecular complexity index is 213. The van der Waals surface area contributed by atoms with Gasteiger partial charge in [-0.1, -0.05) is 26.5 Å². The second kappa shape index (κ2) is 4.50. The Labute approximate surface area is 82.1 Å². The highest BCUT2D eigenvalue weighted by atomic mass is 15.2. The van der Waals surface area contributed by atoms with Gasteiger partial charge in [-0.25, -0.2) is 0 Å². The van der Waals surface area contributed by atoms with Crippen LogP contribution in [0.2, 0.25) is 0 Å². The number of allylic oxidation sites excluding steroid dienone is 3. The fourth-order valence-electron chi connectivity index (χ4n) is 2.00. The normalized spacial score (nSPS) is 19.8. The lowest BCUT2D eigenvalue weighted by atomic mass is 10.0. The minimum atomic E-state index is 0.611. The Morgan fingerprint density at radius 2 is 2.15 bits per heavy atom. The third-order valence-electron chi connectivity index (χ3n) is 2.68. The SMILES string of the molecule is C=C1CCCCN1/C(=C\C)C(C)C. The van der Waals surface area contributed by atoms with Gasteiger partial charge in [0.15, 0.2) is 0 Å². The van der Waals surface area contributed by atoms with Gasteiger partial charge in [-0.15, -0.1) is 0 Å². The Balaban J connectivity index is 2.72. The van der Waals surface area contributed by atoms with Crippen LogP contribution < -0.4 is 0 Å². The van der Waals surface area contributed by atoms with E-state index >= 15 is 0 Å². The first-order valence-electron chi connectivity index (χ1n) is 5.28. The highest BCUT2D eigenvalue weighted by Gasteiger charge is 2.17. The van der Waals surface area contributed by atoms with Crippen LogP contribution in [-0.2, 0) is 0 Å². The Morgan fingerprint density at radius 3 is 2.62 bits per heavy atom. The van der Waals surface area contributed by atoms with Crippen LogP contribution in [-0.4, -0.2) is 11.4 Å². The van der Waals surface area contributed by atoms with E-state index in [1.54, 1.807) is 0 Å². The van der Waals surface area contributed by atoms with E-state index in [0.717, 1.165) is 6.54 Å². The Morgan fingerprint density at radius 1 is 1.46 bits per heavy atom. The maximum Gasteiger partial charge on any atom is 0.0224 e. The molecule has 0 unspecified atom stereocenters. The number of piperidine rings is 1. The third-order valence-corrected chi connectivity index (χ3v) is 2.68. The molecule has 0 aromatic heterocycles. The summed E-state index contributed by atoms with van der Waals surface area (Å²) in [7, 11) is 0. The largest absolute Gasteiger partial charge is 0.349 e. The second-order valence-electron chi connectivity index (χ2n) is 4.04. The van der Waals surface area contributed by atoms with Gasteiger partial charge in [-0.2, -0.15) is 0 Å². The highest BCUT2D eigenvalue weighted by molar-refractivity contribution is 5.13. The molecular weight excluding hydrogens is 158 g/mol. The molecule has 1 heteroatoms. The van der Waals surface area contributed by atoms with Crippen molar-refractivity contribution in [1.82, 2.24) is 4.90 Å². The number of likely N-dealkylation sites (tertiary alicyclic amines) is 1. The molecule has 1 nitrogen and oxygen atoms in total. The van der Waals surface area contributed by atoms with Crippen molar-refractivity contribution in [2.45, 2.75) is 40.0 Å². The molecule has 0 aromatic carbocycles. The summed E-state index contributed by atoms with van der Waals surface area (Å²) in [5.74, 6) is 0.611. The molecule has 1 aliphatic rings. The highest BCUT2D eigenvalue weighted by Crippen LogP contribution is 2.26. The average molecular weight is 179 g/mol. The molecule has 1 rings (SSSR count). The van der Waals surface area contributed by atoms with Crippen molar-refractivity contribution in [3.63, 3.8) is 0 Å². The lowest BCUT2D eigenvalue weighted by Gasteiger charge is -2.34. The van der Waals surface area contributed by atoms with Crippen LogP contribution in [0, 0.1) is 5.92 Å². The van der Waals surface area contributed by atoms with Gasteiger partial charge in [0.1, 0.15) is 0 Å². The molecule has 0 radical (unpaired) electrons. The van der Waals surface area contributed by atoms with Crippen molar-refractivity contribution < 1.29 is 0 Å². The van der Waals surface area contributed by atoms with Crippen LogP contribution in [0.1, 0.15) is 40.0 Å². The van der Waals surface area contributed by atoms with E-state index in [9.17, 15) is 0 Å². The Kier molecular flexibility index (Phi) is 3.58. The quantitative estimate of drug-likeness (QED) is 0.626. The first-order valence-corrected chi connectivity index (χ1v) is 5.28. The van der Waals surface area contributed by atoms with Crippen LogP contribution >= 0.6 is 0 Å². The summed E-state index contributed by atoms with van der Waals surface area (Å²) in [5, 5.41) is 0. The van der Waals surface area contributed by atoms with Gasteiger partial charge in [-0.3, -0.25) is 0 Å². The molecule has 13 heavy (non-hydrogen) atoms. The van der Waals surface area contributed by atoms with E-state index in [1.807, 2.05) is 0 Å². The van der Waals surface area contributed by atoms with E-state index < -0.39 is 0 Å². The molecular formula is C12H21N. The van der Waals surface area contributed by atoms with Gasteiger partial charge >= 0.3 is 0 Å².